The number of rotatable bonds is 6. The second-order valence-electron chi connectivity index (χ2n) is 5.67. The van der Waals surface area contributed by atoms with E-state index in [4.69, 9.17) is 20.3 Å². The number of carbonyl (C=O) groups is 3. The number of nitrogens with one attached hydrogen (secondary N) is 1. The van der Waals surface area contributed by atoms with Crippen molar-refractivity contribution in [3.63, 3.8) is 0 Å². The molecule has 1 saturated heterocycles. The van der Waals surface area contributed by atoms with Crippen molar-refractivity contribution in [2.45, 2.75) is 18.9 Å². The smallest absolute Gasteiger partial charge is 0.407 e. The first-order valence-electron chi connectivity index (χ1n) is 7.78. The van der Waals surface area contributed by atoms with Crippen LogP contribution in [0.4, 0.5) is 4.79 Å². The largest absolute Gasteiger partial charge is 0.497 e. The van der Waals surface area contributed by atoms with E-state index in [1.807, 2.05) is 0 Å². The molecule has 1 fully saturated rings. The van der Waals surface area contributed by atoms with Gasteiger partial charge in [0, 0.05) is 30.8 Å². The van der Waals surface area contributed by atoms with Crippen molar-refractivity contribution in [2.75, 3.05) is 26.8 Å². The zero-order valence-corrected chi connectivity index (χ0v) is 13.9. The van der Waals surface area contributed by atoms with Crippen LogP contribution in [-0.4, -0.2) is 60.8 Å². The molecule has 9 nitrogen and oxygen atoms in total. The Kier molecular flexibility index (Phi) is 6.04. The van der Waals surface area contributed by atoms with E-state index in [0.717, 1.165) is 0 Å². The average molecular weight is 351 g/mol. The zero-order chi connectivity index (χ0) is 18.4. The van der Waals surface area contributed by atoms with E-state index in [0.29, 0.717) is 43.0 Å². The van der Waals surface area contributed by atoms with Gasteiger partial charge in [0.2, 0.25) is 0 Å². The van der Waals surface area contributed by atoms with E-state index in [1.54, 1.807) is 12.1 Å². The summed E-state index contributed by atoms with van der Waals surface area (Å²) < 4.78 is 10.4. The molecule has 3 amide bonds. The third kappa shape index (κ3) is 5.27. The Balaban J connectivity index is 2.02. The van der Waals surface area contributed by atoms with Gasteiger partial charge in [-0.05, 0) is 25.0 Å². The van der Waals surface area contributed by atoms with Gasteiger partial charge >= 0.3 is 6.09 Å². The maximum Gasteiger partial charge on any atom is 0.407 e. The van der Waals surface area contributed by atoms with Crippen molar-refractivity contribution in [2.24, 2.45) is 5.73 Å². The predicted molar refractivity (Wildman–Crippen MR) is 87.8 cm³/mol. The predicted octanol–water partition coefficient (Wildman–Crippen LogP) is 0.432. The fraction of sp³-hybridized carbons (Fsp3) is 0.438. The average Bonchev–Trinajstić information content (AvgIpc) is 2.60. The summed E-state index contributed by atoms with van der Waals surface area (Å²) in [5.41, 5.74) is 5.36. The maximum absolute atomic E-state index is 12.4. The highest BCUT2D eigenvalue weighted by atomic mass is 16.5. The molecular weight excluding hydrogens is 330 g/mol. The van der Waals surface area contributed by atoms with Crippen LogP contribution >= 0.6 is 0 Å². The van der Waals surface area contributed by atoms with Gasteiger partial charge in [0.05, 0.1) is 7.11 Å². The van der Waals surface area contributed by atoms with E-state index in [9.17, 15) is 14.4 Å². The van der Waals surface area contributed by atoms with Crippen LogP contribution in [-0.2, 0) is 4.79 Å². The lowest BCUT2D eigenvalue weighted by Crippen LogP contribution is -2.46. The molecule has 2 rings (SSSR count). The molecule has 9 heteroatoms. The summed E-state index contributed by atoms with van der Waals surface area (Å²) in [5, 5.41) is 11.8. The Morgan fingerprint density at radius 2 is 1.88 bits per heavy atom. The number of likely N-dealkylation sites (tertiary alicyclic amines) is 1. The quantitative estimate of drug-likeness (QED) is 0.681. The highest BCUT2D eigenvalue weighted by Gasteiger charge is 2.24. The molecule has 0 atom stereocenters. The molecule has 0 aromatic heterocycles. The van der Waals surface area contributed by atoms with Crippen molar-refractivity contribution >= 4 is 17.9 Å². The monoisotopic (exact) mass is 351 g/mol. The van der Waals surface area contributed by atoms with E-state index in [2.05, 4.69) is 5.32 Å². The third-order valence-corrected chi connectivity index (χ3v) is 3.86. The number of nitrogens with zero attached hydrogens (tertiary/aromatic N) is 1. The Hall–Kier alpha value is -2.97. The first-order chi connectivity index (χ1) is 11.9. The van der Waals surface area contributed by atoms with Gasteiger partial charge in [-0.15, -0.1) is 0 Å². The van der Waals surface area contributed by atoms with Crippen molar-refractivity contribution in [3.8, 4) is 11.5 Å². The van der Waals surface area contributed by atoms with Crippen LogP contribution in [0, 0.1) is 0 Å². The molecule has 0 radical (unpaired) electrons. The molecule has 0 aliphatic carbocycles. The number of benzene rings is 1. The first kappa shape index (κ1) is 18.4. The molecule has 1 aromatic rings. The molecule has 0 saturated carbocycles. The number of hydrogen-bond acceptors (Lipinski definition) is 5. The standard InChI is InChI=1S/C16H21N3O6/c1-24-12-6-10(7-13(8-12)25-9-14(17)20)15(21)18-11-2-4-19(5-3-11)16(22)23/h6-8,11H,2-5,9H2,1H3,(H2,17,20)(H,18,21)(H,22,23). The Labute approximate surface area is 144 Å². The second kappa shape index (κ2) is 8.22. The number of piperidine rings is 1. The molecule has 1 aromatic carbocycles. The molecular formula is C16H21N3O6. The maximum atomic E-state index is 12.4. The van der Waals surface area contributed by atoms with E-state index < -0.39 is 12.0 Å². The van der Waals surface area contributed by atoms with Crippen molar-refractivity contribution in [1.82, 2.24) is 10.2 Å². The summed E-state index contributed by atoms with van der Waals surface area (Å²) in [4.78, 5) is 35.5. The fourth-order valence-electron chi connectivity index (χ4n) is 2.54. The molecule has 136 valence electrons. The summed E-state index contributed by atoms with van der Waals surface area (Å²) in [7, 11) is 1.45. The van der Waals surface area contributed by atoms with Crippen molar-refractivity contribution in [3.05, 3.63) is 23.8 Å². The van der Waals surface area contributed by atoms with E-state index in [-0.39, 0.29) is 18.6 Å². The minimum Gasteiger partial charge on any atom is -0.497 e. The number of hydrogen-bond donors (Lipinski definition) is 3. The number of carbonyl (C=O) groups excluding carboxylic acids is 2. The topological polar surface area (TPSA) is 131 Å². The normalized spacial score (nSPS) is 14.7. The highest BCUT2D eigenvalue weighted by Crippen LogP contribution is 2.23. The summed E-state index contributed by atoms with van der Waals surface area (Å²) in [5.74, 6) is -0.243. The van der Waals surface area contributed by atoms with Gasteiger partial charge in [-0.25, -0.2) is 4.79 Å². The molecule has 4 N–H and O–H groups in total. The number of methoxy groups -OCH3 is 1. The van der Waals surface area contributed by atoms with Crippen LogP contribution in [0.3, 0.4) is 0 Å². The molecule has 0 bridgehead atoms. The molecule has 1 aliphatic rings. The van der Waals surface area contributed by atoms with Crippen LogP contribution in [0.15, 0.2) is 18.2 Å². The van der Waals surface area contributed by atoms with Gasteiger partial charge in [-0.2, -0.15) is 0 Å². The molecule has 0 unspecified atom stereocenters. The van der Waals surface area contributed by atoms with Gasteiger partial charge in [0.25, 0.3) is 11.8 Å². The Bertz CT molecular complexity index is 655. The van der Waals surface area contributed by atoms with Crippen molar-refractivity contribution in [1.29, 1.82) is 0 Å². The Morgan fingerprint density at radius 1 is 1.24 bits per heavy atom. The van der Waals surface area contributed by atoms with Gasteiger partial charge in [0.1, 0.15) is 11.5 Å². The van der Waals surface area contributed by atoms with Crippen LogP contribution in [0.1, 0.15) is 23.2 Å². The lowest BCUT2D eigenvalue weighted by molar-refractivity contribution is -0.119. The number of primary amides is 1. The fourth-order valence-corrected chi connectivity index (χ4v) is 2.54. The summed E-state index contributed by atoms with van der Waals surface area (Å²) in [6.45, 7) is 0.457. The lowest BCUT2D eigenvalue weighted by atomic mass is 10.0. The van der Waals surface area contributed by atoms with Crippen LogP contribution in [0.2, 0.25) is 0 Å². The van der Waals surface area contributed by atoms with Gasteiger partial charge in [0.15, 0.2) is 6.61 Å². The summed E-state index contributed by atoms with van der Waals surface area (Å²) in [6.07, 6.45) is 0.147. The lowest BCUT2D eigenvalue weighted by Gasteiger charge is -2.30. The molecule has 1 heterocycles. The van der Waals surface area contributed by atoms with Crippen LogP contribution < -0.4 is 20.5 Å². The number of ether oxygens (including phenoxy) is 2. The number of carboxylic acid groups (broad SMARTS) is 1. The SMILES string of the molecule is COc1cc(OCC(N)=O)cc(C(=O)NC2CCN(C(=O)O)CC2)c1. The zero-order valence-electron chi connectivity index (χ0n) is 13.9. The minimum atomic E-state index is -0.950. The summed E-state index contributed by atoms with van der Waals surface area (Å²) >= 11 is 0. The van der Waals surface area contributed by atoms with E-state index >= 15 is 0 Å². The van der Waals surface area contributed by atoms with Gasteiger partial charge in [-0.3, -0.25) is 9.59 Å². The number of amides is 3. The van der Waals surface area contributed by atoms with E-state index in [1.165, 1.54) is 18.1 Å². The highest BCUT2D eigenvalue weighted by molar-refractivity contribution is 5.95. The first-order valence-corrected chi connectivity index (χ1v) is 7.78. The summed E-state index contributed by atoms with van der Waals surface area (Å²) in [6, 6.07) is 4.49. The number of nitrogens with two attached hydrogens (primary N) is 1. The third-order valence-electron chi connectivity index (χ3n) is 3.86. The van der Waals surface area contributed by atoms with Crippen molar-refractivity contribution < 1.29 is 29.0 Å². The minimum absolute atomic E-state index is 0.107. The van der Waals surface area contributed by atoms with Crippen LogP contribution in [0.25, 0.3) is 0 Å². The van der Waals surface area contributed by atoms with Gasteiger partial charge in [-0.1, -0.05) is 0 Å². The second-order valence-corrected chi connectivity index (χ2v) is 5.67. The molecule has 1 aliphatic heterocycles. The van der Waals surface area contributed by atoms with Gasteiger partial charge < -0.3 is 30.5 Å². The molecule has 25 heavy (non-hydrogen) atoms. The van der Waals surface area contributed by atoms with Crippen LogP contribution in [0.5, 0.6) is 11.5 Å². The molecule has 0 spiro atoms. The Morgan fingerprint density at radius 3 is 2.44 bits per heavy atom.